The van der Waals surface area contributed by atoms with Crippen LogP contribution in [0.25, 0.3) is 5.57 Å². The maximum Gasteiger partial charge on any atom is 0.253 e. The molecule has 0 aromatic heterocycles. The predicted molar refractivity (Wildman–Crippen MR) is 151 cm³/mol. The molecule has 3 atom stereocenters. The summed E-state index contributed by atoms with van der Waals surface area (Å²) in [4.78, 5) is 28.7. The molecule has 1 aliphatic heterocycles. The number of nitrogens with one attached hydrogen (secondary N) is 1. The van der Waals surface area contributed by atoms with Gasteiger partial charge in [0.2, 0.25) is 12.7 Å². The number of ether oxygens (including phenoxy) is 2. The number of amides is 2. The zero-order chi connectivity index (χ0) is 27.4. The van der Waals surface area contributed by atoms with Gasteiger partial charge in [0.25, 0.3) is 5.91 Å². The molecule has 3 N–H and O–H groups in total. The van der Waals surface area contributed by atoms with Crippen molar-refractivity contribution in [2.75, 3.05) is 19.2 Å². The Morgan fingerprint density at radius 3 is 2.55 bits per heavy atom. The van der Waals surface area contributed by atoms with Crippen LogP contribution in [0.2, 0.25) is 0 Å². The van der Waals surface area contributed by atoms with Crippen LogP contribution in [0.3, 0.4) is 0 Å². The van der Waals surface area contributed by atoms with Crippen LogP contribution in [0.1, 0.15) is 46.1 Å². The summed E-state index contributed by atoms with van der Waals surface area (Å²) >= 11 is 0. The van der Waals surface area contributed by atoms with E-state index in [9.17, 15) is 9.59 Å². The van der Waals surface area contributed by atoms with E-state index in [0.29, 0.717) is 34.8 Å². The van der Waals surface area contributed by atoms with Gasteiger partial charge in [0.05, 0.1) is 5.92 Å². The largest absolute Gasteiger partial charge is 0.454 e. The zero-order valence-corrected chi connectivity index (χ0v) is 22.8. The fourth-order valence-corrected chi connectivity index (χ4v) is 4.52. The fraction of sp³-hybridized carbons (Fsp3) is 0.355. The van der Waals surface area contributed by atoms with Gasteiger partial charge < -0.3 is 25.4 Å². The molecule has 4 rings (SSSR count). The molecular weight excluding hydrogens is 478 g/mol. The first-order valence-corrected chi connectivity index (χ1v) is 13.1. The SMILES string of the molecule is CC[C@@H](C)N(C)C(=O)/C(=C/C(C)C(=O)Nc1ccccc1)C1=CC(c2ccc3c(c2)OCO3)=CCC1(C)N. The standard InChI is InChI=1S/C31H37N3O4/c1-6-21(3)34(5)30(36)25(16-20(2)29(35)33-24-10-8-7-9-11-24)26-17-23(14-15-31(26,4)32)22-12-13-27-28(18-22)38-19-37-27/h7-14,16-18,20-21H,6,15,19,32H2,1-5H3,(H,33,35)/b25-16+/t20?,21-,31?/m1/s1. The number of carbonyl (C=O) groups excluding carboxylic acids is 2. The van der Waals surface area contributed by atoms with Crippen LogP contribution in [-0.2, 0) is 9.59 Å². The van der Waals surface area contributed by atoms with Gasteiger partial charge in [-0.05, 0) is 73.7 Å². The van der Waals surface area contributed by atoms with Crippen molar-refractivity contribution in [3.8, 4) is 11.5 Å². The van der Waals surface area contributed by atoms with Gasteiger partial charge in [0.15, 0.2) is 11.5 Å². The summed E-state index contributed by atoms with van der Waals surface area (Å²) in [5.74, 6) is 0.468. The van der Waals surface area contributed by atoms with Crippen molar-refractivity contribution >= 4 is 23.1 Å². The van der Waals surface area contributed by atoms with E-state index < -0.39 is 11.5 Å². The average molecular weight is 516 g/mol. The number of allylic oxidation sites excluding steroid dienone is 2. The Morgan fingerprint density at radius 2 is 1.84 bits per heavy atom. The minimum atomic E-state index is -0.798. The lowest BCUT2D eigenvalue weighted by atomic mass is 9.77. The highest BCUT2D eigenvalue weighted by Gasteiger charge is 2.34. The lowest BCUT2D eigenvalue weighted by Crippen LogP contribution is -2.44. The molecule has 2 aromatic carbocycles. The van der Waals surface area contributed by atoms with E-state index in [-0.39, 0.29) is 24.6 Å². The first-order valence-electron chi connectivity index (χ1n) is 13.1. The van der Waals surface area contributed by atoms with Crippen LogP contribution in [-0.4, -0.2) is 42.1 Å². The lowest BCUT2D eigenvalue weighted by molar-refractivity contribution is -0.127. The van der Waals surface area contributed by atoms with Crippen LogP contribution in [0.15, 0.2) is 77.9 Å². The number of hydrogen-bond acceptors (Lipinski definition) is 5. The number of nitrogens with zero attached hydrogens (tertiary/aromatic N) is 1. The van der Waals surface area contributed by atoms with Crippen molar-refractivity contribution in [1.29, 1.82) is 0 Å². The monoisotopic (exact) mass is 515 g/mol. The Balaban J connectivity index is 1.74. The van der Waals surface area contributed by atoms with Crippen LogP contribution >= 0.6 is 0 Å². The number of nitrogens with two attached hydrogens (primary N) is 1. The van der Waals surface area contributed by atoms with Crippen molar-refractivity contribution < 1.29 is 19.1 Å². The second kappa shape index (κ2) is 11.3. The normalized spacial score (nSPS) is 20.2. The molecule has 0 bridgehead atoms. The maximum atomic E-state index is 13.9. The van der Waals surface area contributed by atoms with Crippen LogP contribution < -0.4 is 20.5 Å². The Labute approximate surface area is 225 Å². The summed E-state index contributed by atoms with van der Waals surface area (Å²) < 4.78 is 11.0. The van der Waals surface area contributed by atoms with Gasteiger partial charge in [-0.1, -0.05) is 50.3 Å². The molecule has 7 nitrogen and oxygen atoms in total. The van der Waals surface area contributed by atoms with Crippen molar-refractivity contribution in [2.24, 2.45) is 11.7 Å². The van der Waals surface area contributed by atoms with E-state index in [4.69, 9.17) is 15.2 Å². The number of fused-ring (bicyclic) bond motifs is 1. The third-order valence-electron chi connectivity index (χ3n) is 7.33. The molecule has 38 heavy (non-hydrogen) atoms. The number of para-hydroxylation sites is 1. The highest BCUT2D eigenvalue weighted by molar-refractivity contribution is 6.02. The smallest absolute Gasteiger partial charge is 0.253 e. The third-order valence-corrected chi connectivity index (χ3v) is 7.33. The summed E-state index contributed by atoms with van der Waals surface area (Å²) in [7, 11) is 1.80. The van der Waals surface area contributed by atoms with Gasteiger partial charge >= 0.3 is 0 Å². The first-order chi connectivity index (χ1) is 18.1. The fourth-order valence-electron chi connectivity index (χ4n) is 4.52. The van der Waals surface area contributed by atoms with Crippen molar-refractivity contribution in [3.05, 3.63) is 83.5 Å². The highest BCUT2D eigenvalue weighted by atomic mass is 16.7. The first kappa shape index (κ1) is 27.2. The van der Waals surface area contributed by atoms with Gasteiger partial charge in [0.1, 0.15) is 0 Å². The summed E-state index contributed by atoms with van der Waals surface area (Å²) in [6, 6.07) is 15.1. The van der Waals surface area contributed by atoms with Crippen molar-refractivity contribution in [1.82, 2.24) is 4.90 Å². The van der Waals surface area contributed by atoms with Gasteiger partial charge in [0, 0.05) is 29.9 Å². The van der Waals surface area contributed by atoms with E-state index in [1.165, 1.54) is 0 Å². The van der Waals surface area contributed by atoms with Gasteiger partial charge in [-0.2, -0.15) is 0 Å². The molecule has 2 aromatic rings. The molecule has 2 unspecified atom stereocenters. The number of anilines is 1. The third kappa shape index (κ3) is 5.83. The number of carbonyl (C=O) groups is 2. The van der Waals surface area contributed by atoms with E-state index >= 15 is 0 Å². The summed E-state index contributed by atoms with van der Waals surface area (Å²) in [6.07, 6.45) is 7.13. The van der Waals surface area contributed by atoms with Crippen LogP contribution in [0, 0.1) is 5.92 Å². The molecular formula is C31H37N3O4. The molecule has 2 aliphatic rings. The van der Waals surface area contributed by atoms with E-state index in [1.54, 1.807) is 24.9 Å². The second-order valence-corrected chi connectivity index (χ2v) is 10.3. The Morgan fingerprint density at radius 1 is 1.13 bits per heavy atom. The minimum Gasteiger partial charge on any atom is -0.454 e. The molecule has 0 saturated carbocycles. The highest BCUT2D eigenvalue weighted by Crippen LogP contribution is 2.39. The van der Waals surface area contributed by atoms with Crippen LogP contribution in [0.4, 0.5) is 5.69 Å². The Kier molecular flexibility index (Phi) is 8.07. The van der Waals surface area contributed by atoms with E-state index in [0.717, 1.165) is 17.6 Å². The van der Waals surface area contributed by atoms with Gasteiger partial charge in [-0.25, -0.2) is 0 Å². The second-order valence-electron chi connectivity index (χ2n) is 10.3. The predicted octanol–water partition coefficient (Wildman–Crippen LogP) is 5.30. The molecule has 1 heterocycles. The van der Waals surface area contributed by atoms with Gasteiger partial charge in [-0.15, -0.1) is 0 Å². The molecule has 200 valence electrons. The Hall–Kier alpha value is -3.84. The van der Waals surface area contributed by atoms with E-state index in [1.807, 2.05) is 75.4 Å². The van der Waals surface area contributed by atoms with E-state index in [2.05, 4.69) is 11.4 Å². The molecule has 7 heteroatoms. The molecule has 2 amide bonds. The average Bonchev–Trinajstić information content (AvgIpc) is 3.39. The quantitative estimate of drug-likeness (QED) is 0.465. The molecule has 0 radical (unpaired) electrons. The molecule has 1 aliphatic carbocycles. The van der Waals surface area contributed by atoms with Gasteiger partial charge in [-0.3, -0.25) is 9.59 Å². The van der Waals surface area contributed by atoms with Crippen molar-refractivity contribution in [3.63, 3.8) is 0 Å². The molecule has 0 saturated heterocycles. The number of hydrogen-bond donors (Lipinski definition) is 2. The number of benzene rings is 2. The number of likely N-dealkylation sites (N-methyl/N-ethyl adjacent to an activating group) is 1. The lowest BCUT2D eigenvalue weighted by Gasteiger charge is -2.35. The molecule has 0 spiro atoms. The maximum absolute atomic E-state index is 13.9. The van der Waals surface area contributed by atoms with Crippen LogP contribution in [0.5, 0.6) is 11.5 Å². The zero-order valence-electron chi connectivity index (χ0n) is 22.8. The summed E-state index contributed by atoms with van der Waals surface area (Å²) in [6.45, 7) is 7.97. The summed E-state index contributed by atoms with van der Waals surface area (Å²) in [5.41, 5.74) is 9.74. The number of rotatable bonds is 8. The molecule has 0 fully saturated rings. The topological polar surface area (TPSA) is 93.9 Å². The summed E-state index contributed by atoms with van der Waals surface area (Å²) in [5, 5.41) is 2.94. The Bertz CT molecular complexity index is 1290. The minimum absolute atomic E-state index is 0.0245. The van der Waals surface area contributed by atoms with Crippen molar-refractivity contribution in [2.45, 2.75) is 52.1 Å².